The van der Waals surface area contributed by atoms with Crippen LogP contribution in [0.2, 0.25) is 0 Å². The summed E-state index contributed by atoms with van der Waals surface area (Å²) in [6.45, 7) is 4.41. The molecule has 0 aliphatic heterocycles. The fraction of sp³-hybridized carbons (Fsp3) is 0.692. The van der Waals surface area contributed by atoms with Crippen molar-refractivity contribution in [2.45, 2.75) is 96.8 Å². The number of hydrogen-bond donors (Lipinski definition) is 0. The van der Waals surface area contributed by atoms with Gasteiger partial charge < -0.3 is 0 Å². The van der Waals surface area contributed by atoms with Crippen molar-refractivity contribution in [3.63, 3.8) is 0 Å². The minimum absolute atomic E-state index is 0.156. The third-order valence-corrected chi connectivity index (χ3v) is 7.21. The Kier molecular flexibility index (Phi) is 8.11. The minimum Gasteiger partial charge on any atom is -0.209 e. The Morgan fingerprint density at radius 2 is 1.29 bits per heavy atom. The van der Waals surface area contributed by atoms with Crippen molar-refractivity contribution in [3.8, 4) is 0 Å². The van der Waals surface area contributed by atoms with Crippen LogP contribution in [0.1, 0.15) is 102 Å². The van der Waals surface area contributed by atoms with Crippen LogP contribution in [0.5, 0.6) is 0 Å². The quantitative estimate of drug-likeness (QED) is 0.438. The minimum atomic E-state index is -0.407. The normalized spacial score (nSPS) is 29.4. The zero-order chi connectivity index (χ0) is 19.9. The molecule has 2 saturated carbocycles. The van der Waals surface area contributed by atoms with Crippen molar-refractivity contribution in [1.82, 2.24) is 0 Å². The zero-order valence-corrected chi connectivity index (χ0v) is 17.9. The van der Waals surface area contributed by atoms with Gasteiger partial charge in [-0.25, -0.2) is 8.78 Å². The van der Waals surface area contributed by atoms with Crippen molar-refractivity contribution in [1.29, 1.82) is 0 Å². The molecule has 156 valence electrons. The monoisotopic (exact) mass is 388 g/mol. The Labute approximate surface area is 170 Å². The molecule has 1 aromatic carbocycles. The highest BCUT2D eigenvalue weighted by atomic mass is 19.2. The zero-order valence-electron chi connectivity index (χ0n) is 17.9. The van der Waals surface area contributed by atoms with Crippen LogP contribution in [0, 0.1) is 17.8 Å². The van der Waals surface area contributed by atoms with Gasteiger partial charge in [0, 0.05) is 11.8 Å². The molecular weight excluding hydrogens is 350 g/mol. The van der Waals surface area contributed by atoms with Crippen molar-refractivity contribution in [2.24, 2.45) is 17.8 Å². The van der Waals surface area contributed by atoms with E-state index in [0.717, 1.165) is 63.7 Å². The predicted octanol–water partition coefficient (Wildman–Crippen LogP) is 8.67. The van der Waals surface area contributed by atoms with Crippen molar-refractivity contribution in [3.05, 3.63) is 47.0 Å². The van der Waals surface area contributed by atoms with Crippen molar-refractivity contribution in [2.75, 3.05) is 0 Å². The molecule has 2 fully saturated rings. The molecule has 28 heavy (non-hydrogen) atoms. The van der Waals surface area contributed by atoms with Crippen LogP contribution >= 0.6 is 0 Å². The average molecular weight is 389 g/mol. The maximum Gasteiger partial charge on any atom is 0.135 e. The van der Waals surface area contributed by atoms with Crippen LogP contribution in [0.15, 0.2) is 35.9 Å². The van der Waals surface area contributed by atoms with E-state index in [-0.39, 0.29) is 11.8 Å². The Balaban J connectivity index is 1.52. The molecule has 0 radical (unpaired) electrons. The molecule has 2 heteroatoms. The molecule has 0 spiro atoms. The number of halogens is 2. The number of allylic oxidation sites excluding steroid dienone is 2. The van der Waals surface area contributed by atoms with Crippen LogP contribution in [-0.4, -0.2) is 0 Å². The molecule has 3 rings (SSSR count). The molecule has 0 saturated heterocycles. The van der Waals surface area contributed by atoms with Gasteiger partial charge in [0.1, 0.15) is 11.7 Å². The predicted molar refractivity (Wildman–Crippen MR) is 115 cm³/mol. The van der Waals surface area contributed by atoms with Crippen LogP contribution in [0.4, 0.5) is 8.78 Å². The fourth-order valence-electron chi connectivity index (χ4n) is 5.43. The van der Waals surface area contributed by atoms with Gasteiger partial charge in [-0.15, -0.1) is 0 Å². The summed E-state index contributed by atoms with van der Waals surface area (Å²) in [5.41, 5.74) is 2.77. The average Bonchev–Trinajstić information content (AvgIpc) is 2.74. The molecule has 2 aliphatic rings. The number of hydrogen-bond acceptors (Lipinski definition) is 0. The fourth-order valence-corrected chi connectivity index (χ4v) is 5.43. The van der Waals surface area contributed by atoms with E-state index in [1.807, 2.05) is 0 Å². The second kappa shape index (κ2) is 10.6. The van der Waals surface area contributed by atoms with Gasteiger partial charge in [0.05, 0.1) is 0 Å². The van der Waals surface area contributed by atoms with Crippen LogP contribution in [0.25, 0.3) is 0 Å². The second-order valence-corrected chi connectivity index (χ2v) is 9.24. The van der Waals surface area contributed by atoms with Crippen molar-refractivity contribution < 1.29 is 8.78 Å². The van der Waals surface area contributed by atoms with Gasteiger partial charge in [0.2, 0.25) is 0 Å². The lowest BCUT2D eigenvalue weighted by Gasteiger charge is -2.31. The van der Waals surface area contributed by atoms with E-state index in [9.17, 15) is 8.78 Å². The Bertz CT molecular complexity index is 614. The van der Waals surface area contributed by atoms with E-state index in [1.165, 1.54) is 30.4 Å². The van der Waals surface area contributed by atoms with E-state index < -0.39 is 11.7 Å². The topological polar surface area (TPSA) is 0 Å². The van der Waals surface area contributed by atoms with Gasteiger partial charge in [0.25, 0.3) is 0 Å². The third kappa shape index (κ3) is 5.45. The molecule has 2 aliphatic carbocycles. The molecule has 0 unspecified atom stereocenters. The first-order valence-corrected chi connectivity index (χ1v) is 11.8. The van der Waals surface area contributed by atoms with E-state index in [0.29, 0.717) is 5.92 Å². The Hall–Kier alpha value is -1.18. The van der Waals surface area contributed by atoms with Gasteiger partial charge in [0.15, 0.2) is 0 Å². The molecule has 0 N–H and O–H groups in total. The van der Waals surface area contributed by atoms with Gasteiger partial charge in [-0.1, -0.05) is 57.4 Å². The SMILES string of the molecule is CCCc1ccc(C2CCC(C(F)=C(F)C3CCC(CCC)CC3)CC2)cc1. The summed E-state index contributed by atoms with van der Waals surface area (Å²) < 4.78 is 29.7. The van der Waals surface area contributed by atoms with E-state index in [1.54, 1.807) is 0 Å². The Morgan fingerprint density at radius 1 is 0.750 bits per heavy atom. The molecular formula is C26H38F2. The molecule has 0 heterocycles. The standard InChI is InChI=1S/C26H38F2/c1-3-5-19-7-11-21(12-8-19)22-15-17-24(18-16-22)26(28)25(27)23-13-9-20(6-4-2)10-14-23/h7-8,11-12,20,22-24H,3-6,9-10,13-18H2,1-2H3. The first-order chi connectivity index (χ1) is 13.6. The lowest BCUT2D eigenvalue weighted by atomic mass is 9.76. The van der Waals surface area contributed by atoms with Gasteiger partial charge >= 0.3 is 0 Å². The first-order valence-electron chi connectivity index (χ1n) is 11.8. The molecule has 0 aromatic heterocycles. The molecule has 0 nitrogen and oxygen atoms in total. The lowest BCUT2D eigenvalue weighted by Crippen LogP contribution is -2.19. The second-order valence-electron chi connectivity index (χ2n) is 9.24. The summed E-state index contributed by atoms with van der Waals surface area (Å²) in [7, 11) is 0. The lowest BCUT2D eigenvalue weighted by molar-refractivity contribution is 0.241. The van der Waals surface area contributed by atoms with Crippen LogP contribution < -0.4 is 0 Å². The number of rotatable bonds is 7. The van der Waals surface area contributed by atoms with Gasteiger partial charge in [-0.05, 0) is 80.8 Å². The summed E-state index contributed by atoms with van der Waals surface area (Å²) in [6.07, 6.45) is 12.1. The Morgan fingerprint density at radius 3 is 1.79 bits per heavy atom. The smallest absolute Gasteiger partial charge is 0.135 e. The summed E-state index contributed by atoms with van der Waals surface area (Å²) in [5.74, 6) is 0.0856. The molecule has 0 atom stereocenters. The van der Waals surface area contributed by atoms with E-state index in [4.69, 9.17) is 0 Å². The maximum atomic E-state index is 14.9. The first kappa shape index (κ1) is 21.5. The van der Waals surface area contributed by atoms with Crippen LogP contribution in [0.3, 0.4) is 0 Å². The third-order valence-electron chi connectivity index (χ3n) is 7.21. The van der Waals surface area contributed by atoms with Gasteiger partial charge in [-0.2, -0.15) is 0 Å². The molecule has 0 amide bonds. The largest absolute Gasteiger partial charge is 0.209 e. The maximum absolute atomic E-state index is 14.9. The van der Waals surface area contributed by atoms with E-state index >= 15 is 0 Å². The number of benzene rings is 1. The van der Waals surface area contributed by atoms with Gasteiger partial charge in [-0.3, -0.25) is 0 Å². The molecule has 0 bridgehead atoms. The van der Waals surface area contributed by atoms with Crippen molar-refractivity contribution >= 4 is 0 Å². The summed E-state index contributed by atoms with van der Waals surface area (Å²) in [6, 6.07) is 8.97. The molecule has 1 aromatic rings. The highest BCUT2D eigenvalue weighted by Crippen LogP contribution is 2.43. The highest BCUT2D eigenvalue weighted by molar-refractivity contribution is 5.26. The highest BCUT2D eigenvalue weighted by Gasteiger charge is 2.31. The summed E-state index contributed by atoms with van der Waals surface area (Å²) in [4.78, 5) is 0. The summed E-state index contributed by atoms with van der Waals surface area (Å²) in [5, 5.41) is 0. The summed E-state index contributed by atoms with van der Waals surface area (Å²) >= 11 is 0. The number of aryl methyl sites for hydroxylation is 1. The van der Waals surface area contributed by atoms with E-state index in [2.05, 4.69) is 38.1 Å². The van der Waals surface area contributed by atoms with Crippen LogP contribution in [-0.2, 0) is 6.42 Å².